The lowest BCUT2D eigenvalue weighted by atomic mass is 10.1. The van der Waals surface area contributed by atoms with Crippen LogP contribution >= 0.6 is 23.5 Å². The zero-order chi connectivity index (χ0) is 25.9. The maximum Gasteiger partial charge on any atom is 0.250 e. The summed E-state index contributed by atoms with van der Waals surface area (Å²) in [4.78, 5) is 25.4. The molecule has 1 atom stereocenters. The Bertz CT molecular complexity index is 1340. The third kappa shape index (κ3) is 5.77. The molecule has 1 aromatic heterocycles. The van der Waals surface area contributed by atoms with Crippen molar-refractivity contribution in [1.82, 2.24) is 9.88 Å². The van der Waals surface area contributed by atoms with Gasteiger partial charge in [-0.3, -0.25) is 9.69 Å². The summed E-state index contributed by atoms with van der Waals surface area (Å²) in [5, 5.41) is 3.64. The molecule has 2 fully saturated rings. The lowest BCUT2D eigenvalue weighted by molar-refractivity contribution is 0.0193. The standard InChI is InChI=1S/C29H34N4O3S2/c1-20(32-9-13-35-14-10-32)7-8-30-21-5-6-25-27(17-21)37-26-4-2-3-23(29(26)38-25)24-18-22(19-28(34)31-24)33-11-15-36-16-12-33/h2-6,17-20,30H,7-16H2,1H3,(H,31,34). The van der Waals surface area contributed by atoms with E-state index in [0.717, 1.165) is 75.0 Å². The quantitative estimate of drug-likeness (QED) is 0.333. The van der Waals surface area contributed by atoms with Gasteiger partial charge in [-0.15, -0.1) is 0 Å². The number of pyridine rings is 1. The molecule has 0 amide bonds. The monoisotopic (exact) mass is 550 g/mol. The van der Waals surface area contributed by atoms with Crippen molar-refractivity contribution in [1.29, 1.82) is 0 Å². The molecule has 2 aromatic carbocycles. The summed E-state index contributed by atoms with van der Waals surface area (Å²) in [6, 6.07) is 17.4. The second-order valence-electron chi connectivity index (χ2n) is 9.93. The van der Waals surface area contributed by atoms with Crippen molar-refractivity contribution < 1.29 is 9.47 Å². The predicted molar refractivity (Wildman–Crippen MR) is 155 cm³/mol. The Balaban J connectivity index is 1.17. The molecular formula is C29H34N4O3S2. The number of rotatable bonds is 7. The summed E-state index contributed by atoms with van der Waals surface area (Å²) in [5.74, 6) is 0. The maximum atomic E-state index is 12.6. The molecule has 0 bridgehead atoms. The summed E-state index contributed by atoms with van der Waals surface area (Å²) >= 11 is 3.59. The number of ether oxygens (including phenoxy) is 2. The molecule has 3 aliphatic rings. The summed E-state index contributed by atoms with van der Waals surface area (Å²) in [5.41, 5.74) is 3.97. The smallest absolute Gasteiger partial charge is 0.250 e. The topological polar surface area (TPSA) is 69.8 Å². The third-order valence-corrected chi connectivity index (χ3v) is 10.0. The Hall–Kier alpha value is -2.43. The van der Waals surface area contributed by atoms with Gasteiger partial charge in [0.25, 0.3) is 0 Å². The maximum absolute atomic E-state index is 12.6. The van der Waals surface area contributed by atoms with Gasteiger partial charge in [0.2, 0.25) is 5.56 Å². The van der Waals surface area contributed by atoms with Gasteiger partial charge >= 0.3 is 0 Å². The number of morpholine rings is 2. The van der Waals surface area contributed by atoms with Crippen LogP contribution in [0.15, 0.2) is 72.9 Å². The average Bonchev–Trinajstić information content (AvgIpc) is 2.96. The molecule has 3 aliphatic heterocycles. The predicted octanol–water partition coefficient (Wildman–Crippen LogP) is 5.02. The van der Waals surface area contributed by atoms with Crippen molar-refractivity contribution in [2.24, 2.45) is 0 Å². The molecule has 0 saturated carbocycles. The number of aromatic amines is 1. The first-order chi connectivity index (χ1) is 18.6. The number of hydrogen-bond donors (Lipinski definition) is 2. The van der Waals surface area contributed by atoms with Gasteiger partial charge in [0.1, 0.15) is 0 Å². The van der Waals surface area contributed by atoms with Crippen LogP contribution in [-0.2, 0) is 9.47 Å². The van der Waals surface area contributed by atoms with E-state index in [0.29, 0.717) is 19.3 Å². The number of H-pyrrole nitrogens is 1. The molecule has 0 radical (unpaired) electrons. The van der Waals surface area contributed by atoms with Crippen LogP contribution in [-0.4, -0.2) is 75.1 Å². The molecule has 7 nitrogen and oxygen atoms in total. The van der Waals surface area contributed by atoms with E-state index in [1.54, 1.807) is 29.6 Å². The highest BCUT2D eigenvalue weighted by Gasteiger charge is 2.22. The van der Waals surface area contributed by atoms with E-state index < -0.39 is 0 Å². The number of anilines is 2. The normalized spacial score (nSPS) is 18.5. The van der Waals surface area contributed by atoms with Crippen LogP contribution < -0.4 is 15.8 Å². The minimum atomic E-state index is -0.0749. The highest BCUT2D eigenvalue weighted by Crippen LogP contribution is 2.52. The van der Waals surface area contributed by atoms with Crippen LogP contribution in [0, 0.1) is 0 Å². The van der Waals surface area contributed by atoms with Crippen LogP contribution in [0.2, 0.25) is 0 Å². The van der Waals surface area contributed by atoms with Crippen LogP contribution in [0.4, 0.5) is 11.4 Å². The molecule has 0 aliphatic carbocycles. The van der Waals surface area contributed by atoms with Gasteiger partial charge < -0.3 is 24.7 Å². The number of aromatic nitrogens is 1. The molecule has 38 heavy (non-hydrogen) atoms. The Morgan fingerprint density at radius 2 is 1.71 bits per heavy atom. The van der Waals surface area contributed by atoms with Gasteiger partial charge in [-0.05, 0) is 43.7 Å². The van der Waals surface area contributed by atoms with Gasteiger partial charge in [-0.25, -0.2) is 0 Å². The first-order valence-corrected chi connectivity index (χ1v) is 15.0. The minimum absolute atomic E-state index is 0.0749. The molecular weight excluding hydrogens is 516 g/mol. The Morgan fingerprint density at radius 3 is 2.53 bits per heavy atom. The first-order valence-electron chi connectivity index (χ1n) is 13.4. The fourth-order valence-corrected chi connectivity index (χ4v) is 7.64. The van der Waals surface area contributed by atoms with Crippen LogP contribution in [0.3, 0.4) is 0 Å². The van der Waals surface area contributed by atoms with Crippen molar-refractivity contribution in [2.75, 3.05) is 69.4 Å². The minimum Gasteiger partial charge on any atom is -0.385 e. The third-order valence-electron chi connectivity index (χ3n) is 7.41. The molecule has 4 heterocycles. The highest BCUT2D eigenvalue weighted by atomic mass is 32.2. The van der Waals surface area contributed by atoms with E-state index in [4.69, 9.17) is 9.47 Å². The molecule has 0 spiro atoms. The Morgan fingerprint density at radius 1 is 0.921 bits per heavy atom. The molecule has 2 N–H and O–H groups in total. The number of nitrogens with zero attached hydrogens (tertiary/aromatic N) is 2. The first kappa shape index (κ1) is 25.8. The second kappa shape index (κ2) is 11.8. The van der Waals surface area contributed by atoms with Gasteiger partial charge in [0.05, 0.1) is 32.1 Å². The number of hydrogen-bond acceptors (Lipinski definition) is 8. The molecule has 1 unspecified atom stereocenters. The summed E-state index contributed by atoms with van der Waals surface area (Å²) < 4.78 is 11.0. The van der Waals surface area contributed by atoms with Gasteiger partial charge in [0, 0.05) is 81.4 Å². The summed E-state index contributed by atoms with van der Waals surface area (Å²) in [6.45, 7) is 9.99. The Kier molecular flexibility index (Phi) is 7.99. The van der Waals surface area contributed by atoms with Gasteiger partial charge in [-0.2, -0.15) is 0 Å². The summed E-state index contributed by atoms with van der Waals surface area (Å²) in [6.07, 6.45) is 1.10. The zero-order valence-corrected chi connectivity index (χ0v) is 23.3. The van der Waals surface area contributed by atoms with E-state index in [9.17, 15) is 4.79 Å². The van der Waals surface area contributed by atoms with Crippen molar-refractivity contribution in [2.45, 2.75) is 39.0 Å². The number of fused-ring (bicyclic) bond motifs is 2. The Labute approximate surface area is 232 Å². The molecule has 3 aromatic rings. The fraction of sp³-hybridized carbons (Fsp3) is 0.414. The van der Waals surface area contributed by atoms with E-state index >= 15 is 0 Å². The van der Waals surface area contributed by atoms with Crippen molar-refractivity contribution >= 4 is 34.9 Å². The molecule has 6 rings (SSSR count). The number of nitrogens with one attached hydrogen (secondary N) is 2. The summed E-state index contributed by atoms with van der Waals surface area (Å²) in [7, 11) is 0. The van der Waals surface area contributed by atoms with E-state index in [1.807, 2.05) is 0 Å². The largest absolute Gasteiger partial charge is 0.385 e. The fourth-order valence-electron chi connectivity index (χ4n) is 5.23. The number of benzene rings is 2. The second-order valence-corrected chi connectivity index (χ2v) is 12.1. The molecule has 2 saturated heterocycles. The molecule has 9 heteroatoms. The zero-order valence-electron chi connectivity index (χ0n) is 21.7. The van der Waals surface area contributed by atoms with Crippen molar-refractivity contribution in [3.05, 3.63) is 58.9 Å². The SMILES string of the molecule is CC(CCNc1ccc2c(c1)Sc1cccc(-c3cc(N4CCOCC4)cc(=O)[nH]3)c1S2)N1CCOCC1. The van der Waals surface area contributed by atoms with Gasteiger partial charge in [-0.1, -0.05) is 35.7 Å². The van der Waals surface area contributed by atoms with Crippen molar-refractivity contribution in [3.63, 3.8) is 0 Å². The van der Waals surface area contributed by atoms with Gasteiger partial charge in [0.15, 0.2) is 0 Å². The average molecular weight is 551 g/mol. The lowest BCUT2D eigenvalue weighted by Crippen LogP contribution is -2.42. The van der Waals surface area contributed by atoms with E-state index in [2.05, 4.69) is 69.5 Å². The van der Waals surface area contributed by atoms with E-state index in [1.165, 1.54) is 19.6 Å². The molecule has 200 valence electrons. The van der Waals surface area contributed by atoms with E-state index in [-0.39, 0.29) is 5.56 Å². The van der Waals surface area contributed by atoms with Crippen molar-refractivity contribution in [3.8, 4) is 11.3 Å². The van der Waals surface area contributed by atoms with Crippen LogP contribution in [0.25, 0.3) is 11.3 Å². The lowest BCUT2D eigenvalue weighted by Gasteiger charge is -2.32. The highest BCUT2D eigenvalue weighted by molar-refractivity contribution is 8.05. The van der Waals surface area contributed by atoms with Crippen LogP contribution in [0.5, 0.6) is 0 Å². The van der Waals surface area contributed by atoms with Crippen LogP contribution in [0.1, 0.15) is 13.3 Å².